The van der Waals surface area contributed by atoms with E-state index in [1.54, 1.807) is 0 Å². The predicted octanol–water partition coefficient (Wildman–Crippen LogP) is 2.67. The Morgan fingerprint density at radius 1 is 1.23 bits per heavy atom. The van der Waals surface area contributed by atoms with Crippen molar-refractivity contribution in [3.05, 3.63) is 0 Å². The van der Waals surface area contributed by atoms with E-state index in [1.807, 2.05) is 0 Å². The minimum atomic E-state index is 0.739. The summed E-state index contributed by atoms with van der Waals surface area (Å²) in [5, 5.41) is 0. The van der Waals surface area contributed by atoms with Gasteiger partial charge in [0.25, 0.3) is 0 Å². The lowest BCUT2D eigenvalue weighted by Crippen LogP contribution is -2.34. The van der Waals surface area contributed by atoms with Crippen molar-refractivity contribution in [1.29, 1.82) is 0 Å². The zero-order chi connectivity index (χ0) is 9.84. The first-order valence-corrected chi connectivity index (χ1v) is 6.11. The Bertz CT molecular complexity index is 143. The van der Waals surface area contributed by atoms with E-state index in [9.17, 15) is 0 Å². The Labute approximate surface area is 88.3 Å². The molecule has 1 aliphatic rings. The van der Waals surface area contributed by atoms with Gasteiger partial charge in [0.1, 0.15) is 0 Å². The molecule has 1 unspecified atom stereocenters. The summed E-state index contributed by atoms with van der Waals surface area (Å²) in [5.41, 5.74) is 0. The van der Waals surface area contributed by atoms with Gasteiger partial charge >= 0.3 is 0 Å². The third kappa shape index (κ3) is 4.37. The molecule has 13 heavy (non-hydrogen) atoms. The van der Waals surface area contributed by atoms with Crippen molar-refractivity contribution in [3.63, 3.8) is 0 Å². The number of hydrogen-bond acceptors (Lipinski definition) is 2. The fourth-order valence-electron chi connectivity index (χ4n) is 1.74. The van der Waals surface area contributed by atoms with Gasteiger partial charge in [-0.2, -0.15) is 12.6 Å². The van der Waals surface area contributed by atoms with Gasteiger partial charge in [-0.05, 0) is 30.4 Å². The molecule has 1 fully saturated rings. The van der Waals surface area contributed by atoms with Gasteiger partial charge in [0.05, 0.1) is 0 Å². The van der Waals surface area contributed by atoms with E-state index in [0.717, 1.165) is 23.6 Å². The third-order valence-electron chi connectivity index (χ3n) is 2.52. The molecule has 2 heteroatoms. The second-order valence-corrected chi connectivity index (χ2v) is 5.23. The van der Waals surface area contributed by atoms with Crippen LogP contribution in [0.4, 0.5) is 0 Å². The Morgan fingerprint density at radius 2 is 1.85 bits per heavy atom. The summed E-state index contributed by atoms with van der Waals surface area (Å²) in [6.45, 7) is 9.42. The highest BCUT2D eigenvalue weighted by atomic mass is 32.1. The first-order valence-electron chi connectivity index (χ1n) is 5.48. The lowest BCUT2D eigenvalue weighted by Gasteiger charge is -2.26. The average molecular weight is 201 g/mol. The van der Waals surface area contributed by atoms with E-state index >= 15 is 0 Å². The summed E-state index contributed by atoms with van der Waals surface area (Å²) in [6.07, 6.45) is 2.85. The Balaban J connectivity index is 2.29. The van der Waals surface area contributed by atoms with Crippen LogP contribution in [0, 0.1) is 11.8 Å². The molecule has 0 aromatic heterocycles. The summed E-state index contributed by atoms with van der Waals surface area (Å²) >= 11 is 4.34. The molecular formula is C11H23NS. The highest BCUT2D eigenvalue weighted by molar-refractivity contribution is 7.80. The summed E-state index contributed by atoms with van der Waals surface area (Å²) in [6, 6.07) is 0.907. The molecule has 1 saturated carbocycles. The standard InChI is InChI=1S/C11H23NS/c1-9(2)6-12(11-4-5-11)7-10(3)8-13/h9-11,13H,4-8H2,1-3H3. The number of rotatable bonds is 6. The molecule has 0 amide bonds. The minimum Gasteiger partial charge on any atom is -0.300 e. The van der Waals surface area contributed by atoms with Crippen LogP contribution in [-0.2, 0) is 0 Å². The van der Waals surface area contributed by atoms with Gasteiger partial charge in [-0.3, -0.25) is 4.90 Å². The van der Waals surface area contributed by atoms with Crippen molar-refractivity contribution in [3.8, 4) is 0 Å². The lowest BCUT2D eigenvalue weighted by molar-refractivity contribution is 0.211. The number of thiol groups is 1. The van der Waals surface area contributed by atoms with Crippen molar-refractivity contribution >= 4 is 12.6 Å². The fourth-order valence-corrected chi connectivity index (χ4v) is 1.85. The highest BCUT2D eigenvalue weighted by Gasteiger charge is 2.29. The van der Waals surface area contributed by atoms with Crippen LogP contribution < -0.4 is 0 Å². The summed E-state index contributed by atoms with van der Waals surface area (Å²) in [5.74, 6) is 2.55. The number of hydrogen-bond donors (Lipinski definition) is 1. The van der Waals surface area contributed by atoms with Crippen LogP contribution in [0.15, 0.2) is 0 Å². The van der Waals surface area contributed by atoms with Gasteiger partial charge in [0.2, 0.25) is 0 Å². The van der Waals surface area contributed by atoms with Crippen LogP contribution in [-0.4, -0.2) is 29.8 Å². The maximum atomic E-state index is 4.34. The molecule has 0 bridgehead atoms. The van der Waals surface area contributed by atoms with Gasteiger partial charge in [0.15, 0.2) is 0 Å². The van der Waals surface area contributed by atoms with Gasteiger partial charge in [-0.1, -0.05) is 20.8 Å². The smallest absolute Gasteiger partial charge is 0.00966 e. The molecule has 1 aliphatic carbocycles. The van der Waals surface area contributed by atoms with E-state index in [0.29, 0.717) is 0 Å². The molecule has 0 spiro atoms. The molecule has 0 N–H and O–H groups in total. The molecule has 1 rings (SSSR count). The molecular weight excluding hydrogens is 178 g/mol. The molecule has 0 aromatic rings. The van der Waals surface area contributed by atoms with Crippen molar-refractivity contribution in [2.45, 2.75) is 39.7 Å². The molecule has 0 aliphatic heterocycles. The van der Waals surface area contributed by atoms with Crippen LogP contribution in [0.25, 0.3) is 0 Å². The third-order valence-corrected chi connectivity index (χ3v) is 3.14. The van der Waals surface area contributed by atoms with Crippen LogP contribution in [0.3, 0.4) is 0 Å². The molecule has 1 nitrogen and oxygen atoms in total. The van der Waals surface area contributed by atoms with Gasteiger partial charge in [0, 0.05) is 19.1 Å². The van der Waals surface area contributed by atoms with Gasteiger partial charge in [-0.25, -0.2) is 0 Å². The fraction of sp³-hybridized carbons (Fsp3) is 1.00. The lowest BCUT2D eigenvalue weighted by atomic mass is 10.1. The van der Waals surface area contributed by atoms with Crippen molar-refractivity contribution in [2.75, 3.05) is 18.8 Å². The van der Waals surface area contributed by atoms with E-state index in [2.05, 4.69) is 38.3 Å². The largest absolute Gasteiger partial charge is 0.300 e. The predicted molar refractivity (Wildman–Crippen MR) is 62.5 cm³/mol. The monoisotopic (exact) mass is 201 g/mol. The summed E-state index contributed by atoms with van der Waals surface area (Å²) in [7, 11) is 0. The van der Waals surface area contributed by atoms with E-state index in [-0.39, 0.29) is 0 Å². The SMILES string of the molecule is CC(C)CN(CC(C)CS)C1CC1. The van der Waals surface area contributed by atoms with Crippen molar-refractivity contribution < 1.29 is 0 Å². The average Bonchev–Trinajstić information content (AvgIpc) is 2.84. The first kappa shape index (κ1) is 11.4. The second kappa shape index (κ2) is 5.26. The molecule has 0 aromatic carbocycles. The Morgan fingerprint density at radius 3 is 2.23 bits per heavy atom. The van der Waals surface area contributed by atoms with Crippen molar-refractivity contribution in [2.24, 2.45) is 11.8 Å². The summed E-state index contributed by atoms with van der Waals surface area (Å²) < 4.78 is 0. The zero-order valence-electron chi connectivity index (χ0n) is 9.16. The van der Waals surface area contributed by atoms with E-state index < -0.39 is 0 Å². The van der Waals surface area contributed by atoms with Crippen LogP contribution in [0.1, 0.15) is 33.6 Å². The maximum absolute atomic E-state index is 4.34. The zero-order valence-corrected chi connectivity index (χ0v) is 10.1. The molecule has 0 radical (unpaired) electrons. The van der Waals surface area contributed by atoms with Crippen LogP contribution in [0.5, 0.6) is 0 Å². The summed E-state index contributed by atoms with van der Waals surface area (Å²) in [4.78, 5) is 2.66. The van der Waals surface area contributed by atoms with Crippen molar-refractivity contribution in [1.82, 2.24) is 4.90 Å². The van der Waals surface area contributed by atoms with Crippen LogP contribution >= 0.6 is 12.6 Å². The van der Waals surface area contributed by atoms with E-state index in [4.69, 9.17) is 0 Å². The first-order chi connectivity index (χ1) is 6.13. The minimum absolute atomic E-state index is 0.739. The second-order valence-electron chi connectivity index (χ2n) is 4.87. The van der Waals surface area contributed by atoms with Crippen LogP contribution in [0.2, 0.25) is 0 Å². The Hall–Kier alpha value is 0.310. The van der Waals surface area contributed by atoms with Gasteiger partial charge < -0.3 is 0 Å². The Kier molecular flexibility index (Phi) is 4.60. The number of nitrogens with zero attached hydrogens (tertiary/aromatic N) is 1. The topological polar surface area (TPSA) is 3.24 Å². The molecule has 0 heterocycles. The quantitative estimate of drug-likeness (QED) is 0.647. The molecule has 1 atom stereocenters. The maximum Gasteiger partial charge on any atom is 0.00966 e. The molecule has 0 saturated heterocycles. The highest BCUT2D eigenvalue weighted by Crippen LogP contribution is 2.28. The van der Waals surface area contributed by atoms with Gasteiger partial charge in [-0.15, -0.1) is 0 Å². The molecule has 78 valence electrons. The van der Waals surface area contributed by atoms with E-state index in [1.165, 1.54) is 25.9 Å². The normalized spacial score (nSPS) is 19.8.